The molecule has 0 fully saturated rings. The molecule has 0 radical (unpaired) electrons. The molecular weight excluding hydrogens is 340 g/mol. The van der Waals surface area contributed by atoms with Crippen molar-refractivity contribution in [3.05, 3.63) is 38.3 Å². The second-order valence-electron chi connectivity index (χ2n) is 4.81. The number of fused-ring (bicyclic) bond motifs is 1. The number of benzene rings is 1. The zero-order chi connectivity index (χ0) is 14.1. The predicted molar refractivity (Wildman–Crippen MR) is 81.3 cm³/mol. The highest BCUT2D eigenvalue weighted by molar-refractivity contribution is 9.10. The molecule has 2 aromatic rings. The second kappa shape index (κ2) is 5.79. The first-order valence-corrected chi connectivity index (χ1v) is 8.19. The van der Waals surface area contributed by atoms with Crippen LogP contribution in [0.15, 0.2) is 16.6 Å². The number of ether oxygens (including phenoxy) is 1. The molecule has 1 unspecified atom stereocenters. The van der Waals surface area contributed by atoms with Crippen molar-refractivity contribution in [3.8, 4) is 5.75 Å². The summed E-state index contributed by atoms with van der Waals surface area (Å²) in [5.74, 6) is 0.933. The van der Waals surface area contributed by atoms with Crippen molar-refractivity contribution in [2.75, 3.05) is 6.61 Å². The number of hydrogen-bond acceptors (Lipinski definition) is 5. The summed E-state index contributed by atoms with van der Waals surface area (Å²) < 4.78 is 10.7. The number of rotatable bonds is 4. The van der Waals surface area contributed by atoms with Gasteiger partial charge < -0.3 is 9.84 Å². The summed E-state index contributed by atoms with van der Waals surface area (Å²) in [5.41, 5.74) is 3.13. The Balaban J connectivity index is 1.88. The molecule has 0 bridgehead atoms. The van der Waals surface area contributed by atoms with Crippen LogP contribution >= 0.6 is 27.5 Å². The van der Waals surface area contributed by atoms with E-state index in [0.29, 0.717) is 6.42 Å². The standard InChI is InChI=1S/C14H15BrN2O2S/c1-2-11-14(20-17-16-11)12(18)7-9-6-10(15)5-8-3-4-19-13(8)9/h5-6,12,18H,2-4,7H2,1H3. The molecule has 0 saturated carbocycles. The predicted octanol–water partition coefficient (Wildman–Crippen LogP) is 3.07. The van der Waals surface area contributed by atoms with Crippen LogP contribution in [0, 0.1) is 0 Å². The van der Waals surface area contributed by atoms with Crippen LogP contribution in [0.3, 0.4) is 0 Å². The number of hydrogen-bond donors (Lipinski definition) is 1. The van der Waals surface area contributed by atoms with E-state index in [1.807, 2.05) is 13.0 Å². The molecule has 1 N–H and O–H groups in total. The lowest BCUT2D eigenvalue weighted by molar-refractivity contribution is 0.179. The highest BCUT2D eigenvalue weighted by Crippen LogP contribution is 2.36. The third-order valence-electron chi connectivity index (χ3n) is 3.46. The van der Waals surface area contributed by atoms with E-state index in [2.05, 4.69) is 31.6 Å². The van der Waals surface area contributed by atoms with Gasteiger partial charge in [0.2, 0.25) is 0 Å². The van der Waals surface area contributed by atoms with Crippen molar-refractivity contribution in [1.29, 1.82) is 0 Å². The lowest BCUT2D eigenvalue weighted by atomic mass is 10.0. The van der Waals surface area contributed by atoms with E-state index in [-0.39, 0.29) is 0 Å². The summed E-state index contributed by atoms with van der Waals surface area (Å²) in [6, 6.07) is 4.11. The lowest BCUT2D eigenvalue weighted by Gasteiger charge is -2.13. The molecule has 1 aromatic carbocycles. The second-order valence-corrected chi connectivity index (χ2v) is 6.51. The van der Waals surface area contributed by atoms with Gasteiger partial charge >= 0.3 is 0 Å². The van der Waals surface area contributed by atoms with Crippen LogP contribution in [-0.2, 0) is 19.3 Å². The fourth-order valence-corrected chi connectivity index (χ4v) is 3.79. The maximum Gasteiger partial charge on any atom is 0.125 e. The third-order valence-corrected chi connectivity index (χ3v) is 4.79. The zero-order valence-electron chi connectivity index (χ0n) is 11.1. The van der Waals surface area contributed by atoms with Crippen LogP contribution in [0.2, 0.25) is 0 Å². The number of aliphatic hydroxyl groups excluding tert-OH is 1. The van der Waals surface area contributed by atoms with Gasteiger partial charge in [-0.1, -0.05) is 27.3 Å². The molecule has 6 heteroatoms. The average Bonchev–Trinajstić information content (AvgIpc) is 3.06. The van der Waals surface area contributed by atoms with Gasteiger partial charge in [0.05, 0.1) is 23.3 Å². The van der Waals surface area contributed by atoms with Crippen molar-refractivity contribution in [2.45, 2.75) is 32.3 Å². The van der Waals surface area contributed by atoms with E-state index < -0.39 is 6.10 Å². The minimum Gasteiger partial charge on any atom is -0.493 e. The van der Waals surface area contributed by atoms with Gasteiger partial charge in [0.15, 0.2) is 0 Å². The van der Waals surface area contributed by atoms with E-state index in [1.165, 1.54) is 17.1 Å². The summed E-state index contributed by atoms with van der Waals surface area (Å²) in [7, 11) is 0. The third kappa shape index (κ3) is 2.60. The van der Waals surface area contributed by atoms with Gasteiger partial charge in [0.1, 0.15) is 5.75 Å². The van der Waals surface area contributed by atoms with Crippen LogP contribution in [0.5, 0.6) is 5.75 Å². The maximum atomic E-state index is 10.5. The van der Waals surface area contributed by atoms with Crippen molar-refractivity contribution in [2.24, 2.45) is 0 Å². The minimum atomic E-state index is -0.576. The van der Waals surface area contributed by atoms with Crippen LogP contribution in [-0.4, -0.2) is 21.3 Å². The first kappa shape index (κ1) is 14.0. The van der Waals surface area contributed by atoms with Crippen molar-refractivity contribution >= 4 is 27.5 Å². The Morgan fingerprint density at radius 1 is 1.50 bits per heavy atom. The van der Waals surface area contributed by atoms with Crippen molar-refractivity contribution in [1.82, 2.24) is 9.59 Å². The van der Waals surface area contributed by atoms with Gasteiger partial charge in [0.25, 0.3) is 0 Å². The summed E-state index contributed by atoms with van der Waals surface area (Å²) in [4.78, 5) is 0.860. The molecule has 106 valence electrons. The Hall–Kier alpha value is -0.980. The maximum absolute atomic E-state index is 10.5. The molecule has 0 saturated heterocycles. The molecular formula is C14H15BrN2O2S. The van der Waals surface area contributed by atoms with Crippen molar-refractivity contribution < 1.29 is 9.84 Å². The molecule has 1 aliphatic heterocycles. The van der Waals surface area contributed by atoms with E-state index >= 15 is 0 Å². The fraction of sp³-hybridized carbons (Fsp3) is 0.429. The fourth-order valence-electron chi connectivity index (χ4n) is 2.51. The Kier molecular flexibility index (Phi) is 4.05. The molecule has 1 aliphatic rings. The highest BCUT2D eigenvalue weighted by Gasteiger charge is 2.22. The molecule has 0 spiro atoms. The SMILES string of the molecule is CCc1nnsc1C(O)Cc1cc(Br)cc2c1OCC2. The normalized spacial score (nSPS) is 14.9. The molecule has 2 heterocycles. The van der Waals surface area contributed by atoms with Crippen LogP contribution in [0.25, 0.3) is 0 Å². The largest absolute Gasteiger partial charge is 0.493 e. The quantitative estimate of drug-likeness (QED) is 0.916. The molecule has 1 atom stereocenters. The molecule has 0 aliphatic carbocycles. The number of nitrogens with zero attached hydrogens (tertiary/aromatic N) is 2. The smallest absolute Gasteiger partial charge is 0.125 e. The molecule has 20 heavy (non-hydrogen) atoms. The van der Waals surface area contributed by atoms with E-state index in [9.17, 15) is 5.11 Å². The van der Waals surface area contributed by atoms with Crippen LogP contribution in [0.4, 0.5) is 0 Å². The lowest BCUT2D eigenvalue weighted by Crippen LogP contribution is -2.04. The Morgan fingerprint density at radius 2 is 2.35 bits per heavy atom. The van der Waals surface area contributed by atoms with E-state index in [1.54, 1.807) is 0 Å². The van der Waals surface area contributed by atoms with E-state index in [4.69, 9.17) is 4.74 Å². The van der Waals surface area contributed by atoms with E-state index in [0.717, 1.165) is 45.8 Å². The number of aryl methyl sites for hydroxylation is 1. The first-order valence-electron chi connectivity index (χ1n) is 6.62. The number of aliphatic hydroxyl groups is 1. The average molecular weight is 355 g/mol. The summed E-state index contributed by atoms with van der Waals surface area (Å²) in [5, 5.41) is 14.5. The first-order chi connectivity index (χ1) is 9.69. The van der Waals surface area contributed by atoms with Gasteiger partial charge in [-0.15, -0.1) is 5.10 Å². The molecule has 3 rings (SSSR count). The zero-order valence-corrected chi connectivity index (χ0v) is 13.5. The van der Waals surface area contributed by atoms with Gasteiger partial charge in [0, 0.05) is 17.3 Å². The van der Waals surface area contributed by atoms with Crippen LogP contribution < -0.4 is 4.74 Å². The molecule has 1 aromatic heterocycles. The van der Waals surface area contributed by atoms with Gasteiger partial charge in [-0.05, 0) is 41.2 Å². The Morgan fingerprint density at radius 3 is 3.15 bits per heavy atom. The molecule has 0 amide bonds. The van der Waals surface area contributed by atoms with Gasteiger partial charge in [-0.25, -0.2) is 0 Å². The topological polar surface area (TPSA) is 55.2 Å². The Bertz CT molecular complexity index is 630. The summed E-state index contributed by atoms with van der Waals surface area (Å²) in [6.07, 6.45) is 1.67. The van der Waals surface area contributed by atoms with Gasteiger partial charge in [-0.3, -0.25) is 0 Å². The number of halogens is 1. The number of aromatic nitrogens is 2. The summed E-state index contributed by atoms with van der Waals surface area (Å²) in [6.45, 7) is 2.74. The molecule has 4 nitrogen and oxygen atoms in total. The van der Waals surface area contributed by atoms with Crippen LogP contribution in [0.1, 0.15) is 34.7 Å². The highest BCUT2D eigenvalue weighted by atomic mass is 79.9. The van der Waals surface area contributed by atoms with Gasteiger partial charge in [-0.2, -0.15) is 0 Å². The Labute approximate surface area is 130 Å². The van der Waals surface area contributed by atoms with Crippen molar-refractivity contribution in [3.63, 3.8) is 0 Å². The minimum absolute atomic E-state index is 0.526. The summed E-state index contributed by atoms with van der Waals surface area (Å²) >= 11 is 4.80. The monoisotopic (exact) mass is 354 g/mol.